The molecule has 2 heterocycles. The summed E-state index contributed by atoms with van der Waals surface area (Å²) in [4.78, 5) is 26.1. The van der Waals surface area contributed by atoms with E-state index in [1.54, 1.807) is 6.92 Å². The minimum absolute atomic E-state index is 0.230. The molecule has 2 fully saturated rings. The van der Waals surface area contributed by atoms with Gasteiger partial charge in [-0.1, -0.05) is 0 Å². The minimum atomic E-state index is -0.516. The van der Waals surface area contributed by atoms with Crippen LogP contribution in [0.3, 0.4) is 0 Å². The molecule has 7 nitrogen and oxygen atoms in total. The van der Waals surface area contributed by atoms with Gasteiger partial charge in [0.15, 0.2) is 5.69 Å². The Hall–Kier alpha value is -2.05. The van der Waals surface area contributed by atoms with Crippen LogP contribution in [-0.2, 0) is 9.53 Å². The van der Waals surface area contributed by atoms with Crippen LogP contribution in [-0.4, -0.2) is 46.2 Å². The third-order valence-electron chi connectivity index (χ3n) is 4.09. The lowest BCUT2D eigenvalue weighted by molar-refractivity contribution is -0.147. The van der Waals surface area contributed by atoms with Crippen LogP contribution in [0.4, 0.5) is 5.69 Å². The molecule has 1 aromatic rings. The van der Waals surface area contributed by atoms with Gasteiger partial charge in [0.2, 0.25) is 0 Å². The molecule has 1 aliphatic heterocycles. The van der Waals surface area contributed by atoms with Crippen molar-refractivity contribution in [3.63, 3.8) is 0 Å². The van der Waals surface area contributed by atoms with Gasteiger partial charge in [-0.3, -0.25) is 9.89 Å². The van der Waals surface area contributed by atoms with E-state index in [0.717, 1.165) is 25.0 Å². The number of hydrogen-bond acceptors (Lipinski definition) is 5. The summed E-state index contributed by atoms with van der Waals surface area (Å²) in [5.41, 5.74) is 7.55. The monoisotopic (exact) mass is 292 g/mol. The maximum atomic E-state index is 12.6. The summed E-state index contributed by atoms with van der Waals surface area (Å²) < 4.78 is 5.03. The molecule has 21 heavy (non-hydrogen) atoms. The summed E-state index contributed by atoms with van der Waals surface area (Å²) in [6.45, 7) is 2.60. The number of aromatic nitrogens is 2. The van der Waals surface area contributed by atoms with Crippen molar-refractivity contribution in [1.82, 2.24) is 15.1 Å². The van der Waals surface area contributed by atoms with Crippen molar-refractivity contribution >= 4 is 17.6 Å². The van der Waals surface area contributed by atoms with E-state index in [2.05, 4.69) is 10.2 Å². The van der Waals surface area contributed by atoms with Gasteiger partial charge in [0.1, 0.15) is 6.04 Å². The molecule has 1 amide bonds. The smallest absolute Gasteiger partial charge is 0.328 e. The molecule has 2 aliphatic rings. The normalized spacial score (nSPS) is 21.6. The van der Waals surface area contributed by atoms with Crippen molar-refractivity contribution in [2.45, 2.75) is 44.6 Å². The Morgan fingerprint density at radius 1 is 1.43 bits per heavy atom. The third kappa shape index (κ3) is 2.48. The lowest BCUT2D eigenvalue weighted by atomic mass is 10.2. The molecule has 1 saturated carbocycles. The van der Waals surface area contributed by atoms with Gasteiger partial charge >= 0.3 is 5.97 Å². The van der Waals surface area contributed by atoms with Crippen LogP contribution < -0.4 is 5.73 Å². The molecule has 114 valence electrons. The molecular formula is C14H20N4O3. The summed E-state index contributed by atoms with van der Waals surface area (Å²) in [5.74, 6) is -0.232. The topological polar surface area (TPSA) is 101 Å². The Labute approximate surface area is 122 Å². The SMILES string of the molecule is CCOC(=O)C1CCCN1C(=O)c1n[nH]c(C2CC2)c1N. The molecule has 1 aromatic heterocycles. The highest BCUT2D eigenvalue weighted by Crippen LogP contribution is 2.42. The van der Waals surface area contributed by atoms with Crippen molar-refractivity contribution in [3.8, 4) is 0 Å². The number of nitrogens with zero attached hydrogens (tertiary/aromatic N) is 2. The summed E-state index contributed by atoms with van der Waals surface area (Å²) >= 11 is 0. The fourth-order valence-electron chi connectivity index (χ4n) is 2.84. The number of nitrogens with one attached hydrogen (secondary N) is 1. The molecule has 0 spiro atoms. The standard InChI is InChI=1S/C14H20N4O3/c1-2-21-14(20)9-4-3-7-18(9)13(19)12-10(15)11(16-17-12)8-5-6-8/h8-9H,2-7,15H2,1H3,(H,16,17). The minimum Gasteiger partial charge on any atom is -0.464 e. The molecule has 0 bridgehead atoms. The van der Waals surface area contributed by atoms with Crippen LogP contribution in [0.5, 0.6) is 0 Å². The largest absolute Gasteiger partial charge is 0.464 e. The number of amides is 1. The highest BCUT2D eigenvalue weighted by Gasteiger charge is 2.38. The zero-order valence-electron chi connectivity index (χ0n) is 12.1. The van der Waals surface area contributed by atoms with E-state index in [4.69, 9.17) is 10.5 Å². The molecular weight excluding hydrogens is 272 g/mol. The predicted molar refractivity (Wildman–Crippen MR) is 75.7 cm³/mol. The third-order valence-corrected chi connectivity index (χ3v) is 4.09. The second-order valence-corrected chi connectivity index (χ2v) is 5.58. The van der Waals surface area contributed by atoms with Crippen LogP contribution in [0, 0.1) is 0 Å². The average molecular weight is 292 g/mol. The molecule has 3 N–H and O–H groups in total. The van der Waals surface area contributed by atoms with Gasteiger partial charge in [-0.05, 0) is 32.6 Å². The number of hydrogen-bond donors (Lipinski definition) is 2. The number of anilines is 1. The Morgan fingerprint density at radius 3 is 2.86 bits per heavy atom. The van der Waals surface area contributed by atoms with E-state index in [9.17, 15) is 9.59 Å². The van der Waals surface area contributed by atoms with Crippen LogP contribution in [0.25, 0.3) is 0 Å². The average Bonchev–Trinajstić information content (AvgIpc) is 3.05. The predicted octanol–water partition coefficient (Wildman–Crippen LogP) is 1.04. The zero-order chi connectivity index (χ0) is 15.0. The van der Waals surface area contributed by atoms with E-state index >= 15 is 0 Å². The summed E-state index contributed by atoms with van der Waals surface area (Å²) in [5, 5.41) is 6.94. The molecule has 1 aliphatic carbocycles. The molecule has 1 atom stereocenters. The number of aromatic amines is 1. The first-order valence-corrected chi connectivity index (χ1v) is 7.44. The number of nitrogen functional groups attached to an aromatic ring is 1. The lowest BCUT2D eigenvalue weighted by Gasteiger charge is -2.22. The van der Waals surface area contributed by atoms with E-state index in [-0.39, 0.29) is 17.6 Å². The van der Waals surface area contributed by atoms with Gasteiger partial charge in [-0.15, -0.1) is 0 Å². The van der Waals surface area contributed by atoms with Crippen molar-refractivity contribution in [1.29, 1.82) is 0 Å². The molecule has 0 aromatic carbocycles. The van der Waals surface area contributed by atoms with Crippen LogP contribution in [0.1, 0.15) is 54.7 Å². The highest BCUT2D eigenvalue weighted by molar-refractivity contribution is 6.00. The second kappa shape index (κ2) is 5.38. The van der Waals surface area contributed by atoms with Gasteiger partial charge in [0.05, 0.1) is 18.0 Å². The number of likely N-dealkylation sites (tertiary alicyclic amines) is 1. The number of carbonyl (C=O) groups is 2. The number of rotatable bonds is 4. The Bertz CT molecular complexity index is 565. The van der Waals surface area contributed by atoms with Crippen LogP contribution >= 0.6 is 0 Å². The van der Waals surface area contributed by atoms with E-state index in [0.29, 0.717) is 31.2 Å². The van der Waals surface area contributed by atoms with Gasteiger partial charge in [-0.2, -0.15) is 5.10 Å². The van der Waals surface area contributed by atoms with Crippen molar-refractivity contribution in [2.75, 3.05) is 18.9 Å². The van der Waals surface area contributed by atoms with Gasteiger partial charge in [0, 0.05) is 12.5 Å². The highest BCUT2D eigenvalue weighted by atomic mass is 16.5. The number of H-pyrrole nitrogens is 1. The molecule has 7 heteroatoms. The number of nitrogens with two attached hydrogens (primary N) is 1. The number of carbonyl (C=O) groups excluding carboxylic acids is 2. The number of ether oxygens (including phenoxy) is 1. The molecule has 3 rings (SSSR count). The van der Waals surface area contributed by atoms with Crippen LogP contribution in [0.15, 0.2) is 0 Å². The van der Waals surface area contributed by atoms with Gasteiger partial charge in [-0.25, -0.2) is 4.79 Å². The number of esters is 1. The fraction of sp³-hybridized carbons (Fsp3) is 0.643. The van der Waals surface area contributed by atoms with Crippen molar-refractivity contribution < 1.29 is 14.3 Å². The molecule has 1 unspecified atom stereocenters. The van der Waals surface area contributed by atoms with E-state index < -0.39 is 6.04 Å². The van der Waals surface area contributed by atoms with Gasteiger partial charge in [0.25, 0.3) is 5.91 Å². The maximum absolute atomic E-state index is 12.6. The Morgan fingerprint density at radius 2 is 2.19 bits per heavy atom. The summed E-state index contributed by atoms with van der Waals surface area (Å²) in [7, 11) is 0. The quantitative estimate of drug-likeness (QED) is 0.807. The maximum Gasteiger partial charge on any atom is 0.328 e. The molecule has 1 saturated heterocycles. The zero-order valence-corrected chi connectivity index (χ0v) is 12.1. The summed E-state index contributed by atoms with van der Waals surface area (Å²) in [6, 6.07) is -0.516. The first-order chi connectivity index (χ1) is 10.1. The van der Waals surface area contributed by atoms with E-state index in [1.807, 2.05) is 0 Å². The molecule has 0 radical (unpaired) electrons. The van der Waals surface area contributed by atoms with Crippen molar-refractivity contribution in [2.24, 2.45) is 0 Å². The second-order valence-electron chi connectivity index (χ2n) is 5.58. The van der Waals surface area contributed by atoms with E-state index in [1.165, 1.54) is 4.90 Å². The first kappa shape index (κ1) is 13.9. The van der Waals surface area contributed by atoms with Gasteiger partial charge < -0.3 is 15.4 Å². The first-order valence-electron chi connectivity index (χ1n) is 7.44. The summed E-state index contributed by atoms with van der Waals surface area (Å²) in [6.07, 6.45) is 3.57. The fourth-order valence-corrected chi connectivity index (χ4v) is 2.84. The Balaban J connectivity index is 1.79. The van der Waals surface area contributed by atoms with Crippen molar-refractivity contribution in [3.05, 3.63) is 11.4 Å². The lowest BCUT2D eigenvalue weighted by Crippen LogP contribution is -2.41. The van der Waals surface area contributed by atoms with Crippen LogP contribution in [0.2, 0.25) is 0 Å². The Kier molecular flexibility index (Phi) is 3.57.